The van der Waals surface area contributed by atoms with E-state index in [2.05, 4.69) is 51.3 Å². The van der Waals surface area contributed by atoms with Gasteiger partial charge in [-0.25, -0.2) is 14.8 Å². The Morgan fingerprint density at radius 3 is 2.39 bits per heavy atom. The largest absolute Gasteiger partial charge is 0.353 e. The summed E-state index contributed by atoms with van der Waals surface area (Å²) in [5, 5.41) is 26.8. The highest BCUT2D eigenvalue weighted by Crippen LogP contribution is 2.40. The number of imidazole rings is 1. The van der Waals surface area contributed by atoms with Crippen molar-refractivity contribution in [3.05, 3.63) is 58.9 Å². The molecule has 0 atom stereocenters. The molecular weight excluding hydrogens is 601 g/mol. The maximum atomic E-state index is 11.9. The van der Waals surface area contributed by atoms with Crippen LogP contribution in [-0.4, -0.2) is 88.9 Å². The number of hydrogen-bond donors (Lipinski definition) is 3. The molecule has 1 aromatic carbocycles. The number of aromatic amines is 2. The molecular formula is C27H26N14OS2. The van der Waals surface area contributed by atoms with Crippen LogP contribution in [-0.2, 0) is 0 Å². The van der Waals surface area contributed by atoms with Crippen LogP contribution in [0.4, 0.5) is 34.8 Å². The predicted molar refractivity (Wildman–Crippen MR) is 171 cm³/mol. The molecule has 2 saturated heterocycles. The quantitative estimate of drug-likeness (QED) is 0.223. The summed E-state index contributed by atoms with van der Waals surface area (Å²) in [4.78, 5) is 40.4. The van der Waals surface area contributed by atoms with Gasteiger partial charge >= 0.3 is 5.69 Å². The Morgan fingerprint density at radius 2 is 1.64 bits per heavy atom. The summed E-state index contributed by atoms with van der Waals surface area (Å²) >= 11 is 3.81. The highest BCUT2D eigenvalue weighted by molar-refractivity contribution is 7.99. The Bertz CT molecular complexity index is 1920. The maximum Gasteiger partial charge on any atom is 0.323 e. The Labute approximate surface area is 259 Å². The molecule has 5 aromatic rings. The fourth-order valence-corrected chi connectivity index (χ4v) is 6.73. The fourth-order valence-electron chi connectivity index (χ4n) is 4.92. The third kappa shape index (κ3) is 5.68. The Morgan fingerprint density at radius 1 is 0.909 bits per heavy atom. The zero-order valence-electron chi connectivity index (χ0n) is 23.3. The van der Waals surface area contributed by atoms with Gasteiger partial charge in [0.15, 0.2) is 23.1 Å². The second kappa shape index (κ2) is 12.3. The monoisotopic (exact) mass is 626 g/mol. The summed E-state index contributed by atoms with van der Waals surface area (Å²) in [6, 6.07) is 9.34. The molecule has 0 spiro atoms. The average Bonchev–Trinajstić information content (AvgIpc) is 3.66. The molecule has 222 valence electrons. The molecule has 4 aromatic heterocycles. The van der Waals surface area contributed by atoms with Crippen LogP contribution < -0.4 is 20.8 Å². The van der Waals surface area contributed by atoms with E-state index in [-0.39, 0.29) is 23.0 Å². The number of fused-ring (bicyclic) bond motifs is 1. The number of benzene rings is 1. The Kier molecular flexibility index (Phi) is 7.81. The number of thioether (sulfide) groups is 2. The van der Waals surface area contributed by atoms with E-state index in [9.17, 15) is 10.1 Å². The van der Waals surface area contributed by atoms with Gasteiger partial charge in [-0.1, -0.05) is 0 Å². The third-order valence-electron chi connectivity index (χ3n) is 7.09. The number of nitriles is 1. The molecule has 2 fully saturated rings. The van der Waals surface area contributed by atoms with E-state index in [4.69, 9.17) is 15.1 Å². The van der Waals surface area contributed by atoms with Crippen molar-refractivity contribution in [1.29, 1.82) is 5.26 Å². The topological polar surface area (TPSA) is 185 Å². The van der Waals surface area contributed by atoms with Crippen molar-refractivity contribution >= 4 is 69.3 Å². The number of nitrogens with one attached hydrogen (secondary N) is 3. The number of rotatable bonds is 7. The van der Waals surface area contributed by atoms with Crippen molar-refractivity contribution in [2.75, 3.05) is 64.3 Å². The highest BCUT2D eigenvalue weighted by Gasteiger charge is 2.25. The Balaban J connectivity index is 1.38. The number of azo groups is 1. The van der Waals surface area contributed by atoms with Gasteiger partial charge in [0.2, 0.25) is 5.95 Å². The van der Waals surface area contributed by atoms with Gasteiger partial charge in [0.1, 0.15) is 11.6 Å². The van der Waals surface area contributed by atoms with Crippen LogP contribution in [0.3, 0.4) is 0 Å². The molecule has 0 radical (unpaired) electrons. The van der Waals surface area contributed by atoms with Crippen LogP contribution in [0.2, 0.25) is 0 Å². The van der Waals surface area contributed by atoms with Gasteiger partial charge in [-0.2, -0.15) is 48.5 Å². The van der Waals surface area contributed by atoms with Gasteiger partial charge in [0, 0.05) is 67.3 Å². The first-order chi connectivity index (χ1) is 21.7. The van der Waals surface area contributed by atoms with Crippen molar-refractivity contribution in [2.24, 2.45) is 10.2 Å². The molecule has 17 heteroatoms. The van der Waals surface area contributed by atoms with Crippen molar-refractivity contribution in [3.63, 3.8) is 0 Å². The van der Waals surface area contributed by atoms with E-state index in [1.54, 1.807) is 18.5 Å². The number of anilines is 4. The lowest BCUT2D eigenvalue weighted by atomic mass is 10.2. The standard InChI is InChI=1S/C27H26N14OS2/c28-15-17-16-31-41(25-29-4-1-5-30-25)23(17)38-37-21-22(32-18-2-3-19-20(14-18)34-27(42)33-19)35-26(40-8-12-44-13-9-40)36-24(21)39-6-10-43-11-7-39/h1-5,14,16H,6-13H2,(H,32,35,36)(H2,33,34,42)/b38-37+. The molecule has 0 aliphatic carbocycles. The molecule has 15 nitrogen and oxygen atoms in total. The van der Waals surface area contributed by atoms with Gasteiger partial charge < -0.3 is 25.1 Å². The van der Waals surface area contributed by atoms with Crippen LogP contribution in [0, 0.1) is 11.3 Å². The summed E-state index contributed by atoms with van der Waals surface area (Å²) in [7, 11) is 0. The minimum atomic E-state index is -0.281. The van der Waals surface area contributed by atoms with Crippen LogP contribution in [0.5, 0.6) is 0 Å². The third-order valence-corrected chi connectivity index (χ3v) is 8.97. The van der Waals surface area contributed by atoms with Crippen LogP contribution in [0.15, 0.2) is 57.9 Å². The van der Waals surface area contributed by atoms with Gasteiger partial charge in [-0.05, 0) is 24.3 Å². The van der Waals surface area contributed by atoms with E-state index in [1.165, 1.54) is 10.9 Å². The summed E-state index contributed by atoms with van der Waals surface area (Å²) in [5.74, 6) is 6.04. The van der Waals surface area contributed by atoms with Crippen molar-refractivity contribution < 1.29 is 0 Å². The normalized spacial score (nSPS) is 15.6. The summed E-state index contributed by atoms with van der Waals surface area (Å²) in [6.45, 7) is 3.24. The van der Waals surface area contributed by atoms with Crippen molar-refractivity contribution in [2.45, 2.75) is 0 Å². The lowest BCUT2D eigenvalue weighted by Crippen LogP contribution is -2.36. The number of H-pyrrole nitrogens is 2. The van der Waals surface area contributed by atoms with E-state index >= 15 is 0 Å². The summed E-state index contributed by atoms with van der Waals surface area (Å²) in [5.41, 5.74) is 2.41. The minimum absolute atomic E-state index is 0.188. The number of hydrogen-bond acceptors (Lipinski definition) is 14. The van der Waals surface area contributed by atoms with Gasteiger partial charge in [-0.15, -0.1) is 10.2 Å². The zero-order valence-corrected chi connectivity index (χ0v) is 25.0. The van der Waals surface area contributed by atoms with E-state index in [1.807, 2.05) is 41.7 Å². The van der Waals surface area contributed by atoms with Crippen molar-refractivity contribution in [3.8, 4) is 12.0 Å². The second-order valence-corrected chi connectivity index (χ2v) is 12.3. The number of nitrogens with zero attached hydrogens (tertiary/aromatic N) is 11. The fraction of sp³-hybridized carbons (Fsp3) is 0.296. The van der Waals surface area contributed by atoms with Gasteiger partial charge in [0.25, 0.3) is 5.95 Å². The SMILES string of the molecule is N#Cc1cnn(-c2ncccn2)c1/N=N/c1c(Nc2ccc3[nH]c(=O)[nH]c3c2)nc(N2CCSCC2)nc1N1CCSCC1. The van der Waals surface area contributed by atoms with Crippen LogP contribution in [0.1, 0.15) is 5.56 Å². The van der Waals surface area contributed by atoms with Crippen molar-refractivity contribution in [1.82, 2.24) is 39.7 Å². The van der Waals surface area contributed by atoms with E-state index in [0.29, 0.717) is 40.0 Å². The lowest BCUT2D eigenvalue weighted by molar-refractivity contribution is 0.791. The molecule has 2 aliphatic rings. The molecule has 0 amide bonds. The highest BCUT2D eigenvalue weighted by atomic mass is 32.2. The molecule has 0 bridgehead atoms. The van der Waals surface area contributed by atoms with E-state index in [0.717, 1.165) is 49.2 Å². The Hall–Kier alpha value is -4.95. The maximum absolute atomic E-state index is 11.9. The van der Waals surface area contributed by atoms with Gasteiger partial charge in [0.05, 0.1) is 17.2 Å². The smallest absolute Gasteiger partial charge is 0.323 e. The molecule has 2 aliphatic heterocycles. The van der Waals surface area contributed by atoms with E-state index < -0.39 is 0 Å². The first-order valence-corrected chi connectivity index (χ1v) is 16.2. The molecule has 3 N–H and O–H groups in total. The summed E-state index contributed by atoms with van der Waals surface area (Å²) in [6.07, 6.45) is 4.59. The lowest BCUT2D eigenvalue weighted by Gasteiger charge is -2.31. The first kappa shape index (κ1) is 27.9. The molecule has 6 heterocycles. The zero-order chi connectivity index (χ0) is 29.9. The predicted octanol–water partition coefficient (Wildman–Crippen LogP) is 3.76. The minimum Gasteiger partial charge on any atom is -0.353 e. The molecule has 44 heavy (non-hydrogen) atoms. The van der Waals surface area contributed by atoms with Crippen LogP contribution in [0.25, 0.3) is 17.0 Å². The molecule has 0 saturated carbocycles. The average molecular weight is 627 g/mol. The second-order valence-electron chi connectivity index (χ2n) is 9.86. The molecule has 0 unspecified atom stereocenters. The van der Waals surface area contributed by atoms with Gasteiger partial charge in [-0.3, -0.25) is 0 Å². The molecule has 7 rings (SSSR count). The summed E-state index contributed by atoms with van der Waals surface area (Å²) < 4.78 is 1.38. The number of aromatic nitrogens is 8. The first-order valence-electron chi connectivity index (χ1n) is 13.9. The van der Waals surface area contributed by atoms with Crippen LogP contribution >= 0.6 is 23.5 Å².